The van der Waals surface area contributed by atoms with Gasteiger partial charge in [0.25, 0.3) is 0 Å². The molecule has 2 nitrogen and oxygen atoms in total. The van der Waals surface area contributed by atoms with E-state index in [-0.39, 0.29) is 11.1 Å². The molecule has 0 saturated heterocycles. The van der Waals surface area contributed by atoms with Gasteiger partial charge in [-0.05, 0) is 24.3 Å². The standard InChI is InChI=1S/C14H8F4N2/c15-11-3-1-9(13(17)5-11)7-19-20-8-10-2-4-12(16)6-14(10)18/h1-8H. The normalized spacial score (nSPS) is 11.6. The minimum atomic E-state index is -0.781. The van der Waals surface area contributed by atoms with Gasteiger partial charge in [0.15, 0.2) is 0 Å². The number of benzene rings is 2. The van der Waals surface area contributed by atoms with Gasteiger partial charge >= 0.3 is 0 Å². The van der Waals surface area contributed by atoms with Crippen LogP contribution < -0.4 is 0 Å². The zero-order valence-corrected chi connectivity index (χ0v) is 10.0. The summed E-state index contributed by atoms with van der Waals surface area (Å²) in [7, 11) is 0. The lowest BCUT2D eigenvalue weighted by Gasteiger charge is -1.95. The molecule has 0 atom stereocenters. The molecule has 6 heteroatoms. The molecule has 0 aliphatic carbocycles. The first-order valence-electron chi connectivity index (χ1n) is 5.53. The van der Waals surface area contributed by atoms with Crippen LogP contribution in [-0.2, 0) is 0 Å². The van der Waals surface area contributed by atoms with Gasteiger partial charge in [0.1, 0.15) is 23.3 Å². The number of hydrogen-bond acceptors (Lipinski definition) is 2. The van der Waals surface area contributed by atoms with Crippen molar-refractivity contribution in [3.63, 3.8) is 0 Å². The SMILES string of the molecule is Fc1ccc(C=NN=Cc2ccc(F)cc2F)c(F)c1. The minimum absolute atomic E-state index is 0.0446. The van der Waals surface area contributed by atoms with Crippen molar-refractivity contribution in [1.82, 2.24) is 0 Å². The van der Waals surface area contributed by atoms with E-state index in [1.54, 1.807) is 0 Å². The van der Waals surface area contributed by atoms with Crippen LogP contribution in [0.3, 0.4) is 0 Å². The molecule has 0 amide bonds. The van der Waals surface area contributed by atoms with Crippen LogP contribution in [0.1, 0.15) is 11.1 Å². The highest BCUT2D eigenvalue weighted by Crippen LogP contribution is 2.08. The lowest BCUT2D eigenvalue weighted by atomic mass is 10.2. The molecule has 0 aliphatic rings. The molecule has 0 aliphatic heterocycles. The lowest BCUT2D eigenvalue weighted by molar-refractivity contribution is 0.581. The highest BCUT2D eigenvalue weighted by molar-refractivity contribution is 5.83. The van der Waals surface area contributed by atoms with Gasteiger partial charge in [-0.15, -0.1) is 0 Å². The molecular formula is C14H8F4N2. The average molecular weight is 280 g/mol. The van der Waals surface area contributed by atoms with E-state index in [4.69, 9.17) is 0 Å². The topological polar surface area (TPSA) is 24.7 Å². The smallest absolute Gasteiger partial charge is 0.134 e. The van der Waals surface area contributed by atoms with Crippen LogP contribution >= 0.6 is 0 Å². The van der Waals surface area contributed by atoms with Crippen molar-refractivity contribution < 1.29 is 17.6 Å². The Balaban J connectivity index is 2.11. The van der Waals surface area contributed by atoms with Crippen molar-refractivity contribution in [2.75, 3.05) is 0 Å². The average Bonchev–Trinajstić information content (AvgIpc) is 2.39. The highest BCUT2D eigenvalue weighted by Gasteiger charge is 2.01. The Hall–Kier alpha value is -2.50. The first kappa shape index (κ1) is 13.9. The van der Waals surface area contributed by atoms with E-state index in [0.29, 0.717) is 12.1 Å². The highest BCUT2D eigenvalue weighted by atomic mass is 19.1. The van der Waals surface area contributed by atoms with Crippen LogP contribution in [-0.4, -0.2) is 12.4 Å². The summed E-state index contributed by atoms with van der Waals surface area (Å²) in [6, 6.07) is 5.97. The molecule has 20 heavy (non-hydrogen) atoms. The Kier molecular flexibility index (Phi) is 4.24. The summed E-state index contributed by atoms with van der Waals surface area (Å²) >= 11 is 0. The van der Waals surface area contributed by atoms with E-state index in [1.807, 2.05) is 0 Å². The summed E-state index contributed by atoms with van der Waals surface area (Å²) in [4.78, 5) is 0. The summed E-state index contributed by atoms with van der Waals surface area (Å²) in [5, 5.41) is 7.03. The minimum Gasteiger partial charge on any atom is -0.207 e. The largest absolute Gasteiger partial charge is 0.207 e. The Morgan fingerprint density at radius 2 is 1.05 bits per heavy atom. The predicted octanol–water partition coefficient (Wildman–Crippen LogP) is 3.70. The van der Waals surface area contributed by atoms with Gasteiger partial charge in [-0.25, -0.2) is 17.6 Å². The zero-order chi connectivity index (χ0) is 14.5. The molecule has 0 aromatic heterocycles. The molecule has 0 fully saturated rings. The van der Waals surface area contributed by atoms with Crippen LogP contribution in [0, 0.1) is 23.3 Å². The predicted molar refractivity (Wildman–Crippen MR) is 67.9 cm³/mol. The van der Waals surface area contributed by atoms with E-state index in [2.05, 4.69) is 10.2 Å². The first-order chi connectivity index (χ1) is 9.56. The number of halogens is 4. The fraction of sp³-hybridized carbons (Fsp3) is 0. The molecule has 2 aromatic rings. The van der Waals surface area contributed by atoms with Gasteiger partial charge in [-0.2, -0.15) is 10.2 Å². The Bertz CT molecular complexity index is 621. The van der Waals surface area contributed by atoms with Gasteiger partial charge in [0.2, 0.25) is 0 Å². The maximum absolute atomic E-state index is 13.2. The van der Waals surface area contributed by atoms with Gasteiger partial charge in [0, 0.05) is 23.3 Å². The van der Waals surface area contributed by atoms with Crippen LogP contribution in [0.2, 0.25) is 0 Å². The summed E-state index contributed by atoms with van der Waals surface area (Å²) in [5.74, 6) is -2.96. The van der Waals surface area contributed by atoms with Crippen LogP contribution in [0.15, 0.2) is 46.6 Å². The third-order valence-electron chi connectivity index (χ3n) is 2.39. The quantitative estimate of drug-likeness (QED) is 0.465. The molecule has 0 bridgehead atoms. The summed E-state index contributed by atoms with van der Waals surface area (Å²) in [5.41, 5.74) is 0.0891. The summed E-state index contributed by atoms with van der Waals surface area (Å²) in [6.07, 6.45) is 2.12. The van der Waals surface area contributed by atoms with E-state index in [0.717, 1.165) is 24.6 Å². The van der Waals surface area contributed by atoms with Crippen molar-refractivity contribution >= 4 is 12.4 Å². The molecule has 0 spiro atoms. The van der Waals surface area contributed by atoms with Crippen molar-refractivity contribution in [2.45, 2.75) is 0 Å². The lowest BCUT2D eigenvalue weighted by Crippen LogP contribution is -1.90. The summed E-state index contributed by atoms with van der Waals surface area (Å²) < 4.78 is 51.7. The third kappa shape index (κ3) is 3.50. The molecule has 0 unspecified atom stereocenters. The van der Waals surface area contributed by atoms with E-state index in [9.17, 15) is 17.6 Å². The molecule has 2 rings (SSSR count). The molecular weight excluding hydrogens is 272 g/mol. The van der Waals surface area contributed by atoms with Crippen molar-refractivity contribution in [3.8, 4) is 0 Å². The number of rotatable bonds is 3. The molecule has 2 aromatic carbocycles. The third-order valence-corrected chi connectivity index (χ3v) is 2.39. The second-order valence-electron chi connectivity index (χ2n) is 3.82. The van der Waals surface area contributed by atoms with E-state index < -0.39 is 23.3 Å². The van der Waals surface area contributed by atoms with Gasteiger partial charge in [-0.1, -0.05) is 0 Å². The van der Waals surface area contributed by atoms with Gasteiger partial charge < -0.3 is 0 Å². The molecule has 0 heterocycles. The monoisotopic (exact) mass is 280 g/mol. The van der Waals surface area contributed by atoms with Crippen LogP contribution in [0.4, 0.5) is 17.6 Å². The number of nitrogens with zero attached hydrogens (tertiary/aromatic N) is 2. The van der Waals surface area contributed by atoms with E-state index >= 15 is 0 Å². The van der Waals surface area contributed by atoms with Gasteiger partial charge in [0.05, 0.1) is 12.4 Å². The molecule has 0 radical (unpaired) electrons. The maximum Gasteiger partial charge on any atom is 0.134 e. The Morgan fingerprint density at radius 1 is 0.650 bits per heavy atom. The molecule has 0 saturated carbocycles. The van der Waals surface area contributed by atoms with Crippen molar-refractivity contribution in [1.29, 1.82) is 0 Å². The van der Waals surface area contributed by atoms with Crippen LogP contribution in [0.5, 0.6) is 0 Å². The fourth-order valence-electron chi connectivity index (χ4n) is 1.40. The zero-order valence-electron chi connectivity index (χ0n) is 10.0. The Morgan fingerprint density at radius 3 is 1.40 bits per heavy atom. The first-order valence-corrected chi connectivity index (χ1v) is 5.53. The molecule has 0 N–H and O–H groups in total. The summed E-state index contributed by atoms with van der Waals surface area (Å²) in [6.45, 7) is 0. The second-order valence-corrected chi connectivity index (χ2v) is 3.82. The fourth-order valence-corrected chi connectivity index (χ4v) is 1.40. The Labute approximate surface area is 112 Å². The van der Waals surface area contributed by atoms with Crippen LogP contribution in [0.25, 0.3) is 0 Å². The van der Waals surface area contributed by atoms with Crippen molar-refractivity contribution in [2.24, 2.45) is 10.2 Å². The molecule has 102 valence electrons. The number of hydrogen-bond donors (Lipinski definition) is 0. The maximum atomic E-state index is 13.2. The van der Waals surface area contributed by atoms with Crippen molar-refractivity contribution in [3.05, 3.63) is 70.8 Å². The van der Waals surface area contributed by atoms with Gasteiger partial charge in [-0.3, -0.25) is 0 Å². The second kappa shape index (κ2) is 6.10. The van der Waals surface area contributed by atoms with E-state index in [1.165, 1.54) is 12.1 Å².